The van der Waals surface area contributed by atoms with E-state index in [9.17, 15) is 0 Å². The SMILES string of the molecule is C[CH]C(Cl)(Cl)Cl. The average molecular weight is 146 g/mol. The minimum Gasteiger partial charge on any atom is -0.0834 e. The number of hydrogen-bond acceptors (Lipinski definition) is 0. The van der Waals surface area contributed by atoms with Crippen molar-refractivity contribution in [3.05, 3.63) is 6.42 Å². The maximum Gasteiger partial charge on any atom is 0.193 e. The molecule has 37 valence electrons. The van der Waals surface area contributed by atoms with Crippen LogP contribution in [0.4, 0.5) is 0 Å². The van der Waals surface area contributed by atoms with Gasteiger partial charge in [-0.2, -0.15) is 0 Å². The molecule has 0 atom stereocenters. The number of hydrogen-bond donors (Lipinski definition) is 0. The third-order valence-electron chi connectivity index (χ3n) is 0.327. The van der Waals surface area contributed by atoms with Crippen LogP contribution in [0.2, 0.25) is 0 Å². The molecular formula is C3H4Cl3. The molecule has 1 radical (unpaired) electrons. The molecule has 0 saturated carbocycles. The maximum absolute atomic E-state index is 5.19. The lowest BCUT2D eigenvalue weighted by Crippen LogP contribution is -1.97. The second-order valence-electron chi connectivity index (χ2n) is 0.830. The molecule has 0 aromatic rings. The van der Waals surface area contributed by atoms with Crippen molar-refractivity contribution in [3.8, 4) is 0 Å². The van der Waals surface area contributed by atoms with Gasteiger partial charge in [0.15, 0.2) is 3.79 Å². The van der Waals surface area contributed by atoms with Crippen LogP contribution in [0.1, 0.15) is 6.92 Å². The molecule has 0 nitrogen and oxygen atoms in total. The van der Waals surface area contributed by atoms with E-state index >= 15 is 0 Å². The second kappa shape index (κ2) is 2.25. The molecule has 0 heterocycles. The zero-order chi connectivity index (χ0) is 5.21. The fourth-order valence-corrected chi connectivity index (χ4v) is 0. The van der Waals surface area contributed by atoms with E-state index < -0.39 is 3.79 Å². The van der Waals surface area contributed by atoms with Gasteiger partial charge in [0.05, 0.1) is 0 Å². The molecule has 0 aromatic carbocycles. The molecule has 3 heteroatoms. The van der Waals surface area contributed by atoms with E-state index in [1.807, 2.05) is 0 Å². The van der Waals surface area contributed by atoms with Gasteiger partial charge in [-0.05, 0) is 0 Å². The summed E-state index contributed by atoms with van der Waals surface area (Å²) in [5.41, 5.74) is 0. The summed E-state index contributed by atoms with van der Waals surface area (Å²) in [4.78, 5) is 0. The van der Waals surface area contributed by atoms with E-state index in [1.165, 1.54) is 6.42 Å². The molecule has 0 aromatic heterocycles. The van der Waals surface area contributed by atoms with Crippen molar-refractivity contribution in [1.29, 1.82) is 0 Å². The molecular weight excluding hydrogens is 142 g/mol. The van der Waals surface area contributed by atoms with E-state index in [0.717, 1.165) is 0 Å². The Kier molecular flexibility index (Phi) is 2.57. The highest BCUT2D eigenvalue weighted by Gasteiger charge is 2.14. The van der Waals surface area contributed by atoms with Crippen LogP contribution in [-0.2, 0) is 0 Å². The molecule has 0 aliphatic carbocycles. The molecule has 0 N–H and O–H groups in total. The standard InChI is InChI=1S/C3H4Cl3/c1-2-3(4,5)6/h2H,1H3. The van der Waals surface area contributed by atoms with Gasteiger partial charge in [0.2, 0.25) is 0 Å². The number of rotatable bonds is 0. The van der Waals surface area contributed by atoms with Gasteiger partial charge in [0, 0.05) is 6.42 Å². The Morgan fingerprint density at radius 3 is 1.50 bits per heavy atom. The van der Waals surface area contributed by atoms with Gasteiger partial charge in [0.25, 0.3) is 0 Å². The molecule has 6 heavy (non-hydrogen) atoms. The summed E-state index contributed by atoms with van der Waals surface area (Å²) in [6, 6.07) is 0. The Hall–Kier alpha value is 0.870. The zero-order valence-electron chi connectivity index (χ0n) is 3.21. The van der Waals surface area contributed by atoms with Crippen molar-refractivity contribution in [1.82, 2.24) is 0 Å². The lowest BCUT2D eigenvalue weighted by atomic mass is 10.6. The third-order valence-corrected chi connectivity index (χ3v) is 0.982. The predicted molar refractivity (Wildman–Crippen MR) is 30.3 cm³/mol. The van der Waals surface area contributed by atoms with Gasteiger partial charge >= 0.3 is 0 Å². The molecule has 0 saturated heterocycles. The Morgan fingerprint density at radius 1 is 1.33 bits per heavy atom. The smallest absolute Gasteiger partial charge is 0.0834 e. The molecule has 0 aliphatic rings. The van der Waals surface area contributed by atoms with E-state index in [0.29, 0.717) is 0 Å². The first-order chi connectivity index (χ1) is 2.56. The van der Waals surface area contributed by atoms with Crippen molar-refractivity contribution < 1.29 is 0 Å². The minimum atomic E-state index is -1.17. The van der Waals surface area contributed by atoms with Gasteiger partial charge in [0.1, 0.15) is 0 Å². The Labute approximate surface area is 52.4 Å². The summed E-state index contributed by atoms with van der Waals surface area (Å²) in [5.74, 6) is 0. The van der Waals surface area contributed by atoms with Crippen molar-refractivity contribution in [2.75, 3.05) is 0 Å². The molecule has 0 spiro atoms. The lowest BCUT2D eigenvalue weighted by Gasteiger charge is -2.02. The summed E-state index contributed by atoms with van der Waals surface area (Å²) in [6.45, 7) is 1.69. The van der Waals surface area contributed by atoms with E-state index in [-0.39, 0.29) is 0 Å². The average Bonchev–Trinajstić information content (AvgIpc) is 1.35. The first-order valence-electron chi connectivity index (χ1n) is 1.43. The maximum atomic E-state index is 5.19. The van der Waals surface area contributed by atoms with Crippen molar-refractivity contribution >= 4 is 34.8 Å². The highest BCUT2D eigenvalue weighted by atomic mass is 35.6. The number of alkyl halides is 3. The normalized spacial score (nSPS) is 12.0. The summed E-state index contributed by atoms with van der Waals surface area (Å²) >= 11 is 15.6. The largest absolute Gasteiger partial charge is 0.193 e. The van der Waals surface area contributed by atoms with Crippen LogP contribution >= 0.6 is 34.8 Å². The summed E-state index contributed by atoms with van der Waals surface area (Å²) in [7, 11) is 0. The quantitative estimate of drug-likeness (QED) is 0.461. The summed E-state index contributed by atoms with van der Waals surface area (Å²) in [5, 5.41) is 0. The Bertz CT molecular complexity index is 35.8. The molecule has 0 amide bonds. The van der Waals surface area contributed by atoms with Crippen LogP contribution in [0, 0.1) is 6.42 Å². The van der Waals surface area contributed by atoms with Crippen LogP contribution in [-0.4, -0.2) is 3.79 Å². The molecule has 0 bridgehead atoms. The van der Waals surface area contributed by atoms with Crippen LogP contribution in [0.5, 0.6) is 0 Å². The summed E-state index contributed by atoms with van der Waals surface area (Å²) < 4.78 is -1.17. The van der Waals surface area contributed by atoms with E-state index in [2.05, 4.69) is 0 Å². The first kappa shape index (κ1) is 6.87. The van der Waals surface area contributed by atoms with Crippen molar-refractivity contribution in [2.24, 2.45) is 0 Å². The van der Waals surface area contributed by atoms with Gasteiger partial charge in [-0.15, -0.1) is 0 Å². The fraction of sp³-hybridized carbons (Fsp3) is 0.667. The van der Waals surface area contributed by atoms with Crippen LogP contribution < -0.4 is 0 Å². The monoisotopic (exact) mass is 145 g/mol. The molecule has 0 aliphatic heterocycles. The van der Waals surface area contributed by atoms with Gasteiger partial charge in [-0.25, -0.2) is 0 Å². The Balaban J connectivity index is 3.17. The highest BCUT2D eigenvalue weighted by Crippen LogP contribution is 2.27. The van der Waals surface area contributed by atoms with Crippen molar-refractivity contribution in [2.45, 2.75) is 10.7 Å². The third kappa shape index (κ3) is 4.87. The van der Waals surface area contributed by atoms with Gasteiger partial charge in [-0.3, -0.25) is 0 Å². The van der Waals surface area contributed by atoms with Crippen molar-refractivity contribution in [3.63, 3.8) is 0 Å². The number of halogens is 3. The topological polar surface area (TPSA) is 0 Å². The fourth-order valence-electron chi connectivity index (χ4n) is 0. The lowest BCUT2D eigenvalue weighted by molar-refractivity contribution is 1.25. The van der Waals surface area contributed by atoms with E-state index in [4.69, 9.17) is 34.8 Å². The van der Waals surface area contributed by atoms with Crippen LogP contribution in [0.3, 0.4) is 0 Å². The molecule has 0 fully saturated rings. The zero-order valence-corrected chi connectivity index (χ0v) is 5.48. The Morgan fingerprint density at radius 2 is 1.50 bits per heavy atom. The first-order valence-corrected chi connectivity index (χ1v) is 2.57. The van der Waals surface area contributed by atoms with Gasteiger partial charge in [-0.1, -0.05) is 41.7 Å². The molecule has 0 unspecified atom stereocenters. The highest BCUT2D eigenvalue weighted by molar-refractivity contribution is 6.68. The molecule has 0 rings (SSSR count). The van der Waals surface area contributed by atoms with Gasteiger partial charge < -0.3 is 0 Å². The summed E-state index contributed by atoms with van der Waals surface area (Å²) in [6.07, 6.45) is 1.48. The second-order valence-corrected chi connectivity index (χ2v) is 3.20. The van der Waals surface area contributed by atoms with Crippen LogP contribution in [0.25, 0.3) is 0 Å². The predicted octanol–water partition coefficient (Wildman–Crippen LogP) is 2.58. The van der Waals surface area contributed by atoms with E-state index in [1.54, 1.807) is 6.92 Å². The minimum absolute atomic E-state index is 1.17. The van der Waals surface area contributed by atoms with Crippen LogP contribution in [0.15, 0.2) is 0 Å².